The monoisotopic (exact) mass is 249 g/mol. The van der Waals surface area contributed by atoms with Crippen molar-refractivity contribution in [2.75, 3.05) is 26.7 Å². The van der Waals surface area contributed by atoms with E-state index in [1.165, 1.54) is 11.7 Å². The van der Waals surface area contributed by atoms with E-state index >= 15 is 0 Å². The number of ether oxygens (including phenoxy) is 1. The fourth-order valence-electron chi connectivity index (χ4n) is 1.95. The zero-order valence-electron chi connectivity index (χ0n) is 12.0. The first-order valence-electron chi connectivity index (χ1n) is 6.76. The average Bonchev–Trinajstić information content (AvgIpc) is 2.43. The standard InChI is InChI=1S/C15H25N2O/c1-5-11-16-15(17(6-2)7-3)13-9-8-10-14(12-13)18-4/h8-10,12,16H,5-7,11H2,1-4H3. The van der Waals surface area contributed by atoms with Crippen LogP contribution in [-0.4, -0.2) is 31.6 Å². The molecule has 0 heterocycles. The van der Waals surface area contributed by atoms with Crippen LogP contribution in [0.1, 0.15) is 32.8 Å². The quantitative estimate of drug-likeness (QED) is 0.766. The summed E-state index contributed by atoms with van der Waals surface area (Å²) >= 11 is 0. The summed E-state index contributed by atoms with van der Waals surface area (Å²) in [6.07, 6.45) is 2.31. The zero-order chi connectivity index (χ0) is 13.4. The van der Waals surface area contributed by atoms with E-state index in [4.69, 9.17) is 4.74 Å². The Morgan fingerprint density at radius 2 is 1.94 bits per heavy atom. The Morgan fingerprint density at radius 1 is 1.22 bits per heavy atom. The summed E-state index contributed by atoms with van der Waals surface area (Å²) in [5.41, 5.74) is 1.19. The number of hydrogen-bond donors (Lipinski definition) is 1. The third-order valence-corrected chi connectivity index (χ3v) is 2.97. The maximum atomic E-state index is 5.30. The molecule has 1 radical (unpaired) electrons. The SMILES string of the molecule is CCCN[C](c1cccc(OC)c1)N(CC)CC. The van der Waals surface area contributed by atoms with E-state index in [-0.39, 0.29) is 0 Å². The third-order valence-electron chi connectivity index (χ3n) is 2.97. The predicted molar refractivity (Wildman–Crippen MR) is 76.6 cm³/mol. The first-order valence-corrected chi connectivity index (χ1v) is 6.76. The van der Waals surface area contributed by atoms with Gasteiger partial charge in [-0.3, -0.25) is 10.2 Å². The van der Waals surface area contributed by atoms with Gasteiger partial charge < -0.3 is 4.74 Å². The summed E-state index contributed by atoms with van der Waals surface area (Å²) in [6.45, 7) is 9.52. The molecule has 3 nitrogen and oxygen atoms in total. The van der Waals surface area contributed by atoms with Gasteiger partial charge in [0.15, 0.2) is 0 Å². The van der Waals surface area contributed by atoms with E-state index in [2.05, 4.69) is 43.1 Å². The molecule has 1 N–H and O–H groups in total. The number of nitrogens with one attached hydrogen (secondary N) is 1. The summed E-state index contributed by atoms with van der Waals surface area (Å²) in [5.74, 6) is 0.899. The van der Waals surface area contributed by atoms with Gasteiger partial charge in [-0.15, -0.1) is 0 Å². The van der Waals surface area contributed by atoms with Crippen molar-refractivity contribution in [1.82, 2.24) is 10.2 Å². The molecule has 3 heteroatoms. The number of methoxy groups -OCH3 is 1. The second kappa shape index (κ2) is 8.11. The van der Waals surface area contributed by atoms with Gasteiger partial charge >= 0.3 is 0 Å². The van der Waals surface area contributed by atoms with Gasteiger partial charge in [-0.2, -0.15) is 0 Å². The van der Waals surface area contributed by atoms with Crippen molar-refractivity contribution in [1.29, 1.82) is 0 Å². The van der Waals surface area contributed by atoms with Crippen LogP contribution in [0.5, 0.6) is 5.75 Å². The Hall–Kier alpha value is -1.06. The molecule has 0 unspecified atom stereocenters. The molecule has 101 valence electrons. The van der Waals surface area contributed by atoms with Crippen LogP contribution in [0.4, 0.5) is 0 Å². The highest BCUT2D eigenvalue weighted by Gasteiger charge is 2.18. The molecule has 0 fully saturated rings. The highest BCUT2D eigenvalue weighted by molar-refractivity contribution is 5.36. The lowest BCUT2D eigenvalue weighted by molar-refractivity contribution is 0.297. The molecule has 0 amide bonds. The molecule has 18 heavy (non-hydrogen) atoms. The van der Waals surface area contributed by atoms with Gasteiger partial charge in [-0.05, 0) is 43.8 Å². The fourth-order valence-corrected chi connectivity index (χ4v) is 1.95. The van der Waals surface area contributed by atoms with Crippen LogP contribution in [0.15, 0.2) is 24.3 Å². The number of hydrogen-bond acceptors (Lipinski definition) is 3. The van der Waals surface area contributed by atoms with Crippen LogP contribution in [-0.2, 0) is 0 Å². The normalized spacial score (nSPS) is 11.2. The van der Waals surface area contributed by atoms with E-state index in [1.807, 2.05) is 12.1 Å². The highest BCUT2D eigenvalue weighted by atomic mass is 16.5. The molecular weight excluding hydrogens is 224 g/mol. The lowest BCUT2D eigenvalue weighted by atomic mass is 10.1. The van der Waals surface area contributed by atoms with Crippen LogP contribution in [0.25, 0.3) is 0 Å². The van der Waals surface area contributed by atoms with E-state index in [9.17, 15) is 0 Å². The Bertz CT molecular complexity index is 337. The van der Waals surface area contributed by atoms with Gasteiger partial charge in [0, 0.05) is 0 Å². The minimum Gasteiger partial charge on any atom is -0.497 e. The zero-order valence-corrected chi connectivity index (χ0v) is 12.0. The van der Waals surface area contributed by atoms with Crippen LogP contribution < -0.4 is 10.1 Å². The van der Waals surface area contributed by atoms with Crippen LogP contribution in [0.3, 0.4) is 0 Å². The summed E-state index contributed by atoms with van der Waals surface area (Å²) in [6, 6.07) is 8.21. The molecule has 0 aliphatic heterocycles. The molecule has 0 aromatic heterocycles. The van der Waals surface area contributed by atoms with E-state index in [0.717, 1.165) is 31.8 Å². The second-order valence-electron chi connectivity index (χ2n) is 4.18. The molecule has 0 saturated heterocycles. The van der Waals surface area contributed by atoms with E-state index < -0.39 is 0 Å². The van der Waals surface area contributed by atoms with Crippen molar-refractivity contribution in [2.45, 2.75) is 27.2 Å². The molecule has 0 atom stereocenters. The molecule has 1 rings (SSSR count). The largest absolute Gasteiger partial charge is 0.497 e. The van der Waals surface area contributed by atoms with Gasteiger partial charge in [-0.1, -0.05) is 32.9 Å². The Morgan fingerprint density at radius 3 is 2.50 bits per heavy atom. The van der Waals surface area contributed by atoms with Crippen molar-refractivity contribution in [3.63, 3.8) is 0 Å². The number of benzene rings is 1. The summed E-state index contributed by atoms with van der Waals surface area (Å²) in [5, 5.41) is 3.53. The van der Waals surface area contributed by atoms with Crippen molar-refractivity contribution in [3.8, 4) is 5.75 Å². The number of nitrogens with zero attached hydrogens (tertiary/aromatic N) is 1. The summed E-state index contributed by atoms with van der Waals surface area (Å²) in [7, 11) is 1.70. The van der Waals surface area contributed by atoms with Crippen molar-refractivity contribution in [2.24, 2.45) is 0 Å². The maximum Gasteiger partial charge on any atom is 0.135 e. The molecular formula is C15H25N2O. The third kappa shape index (κ3) is 4.00. The van der Waals surface area contributed by atoms with Gasteiger partial charge in [0.05, 0.1) is 7.11 Å². The molecule has 0 aliphatic carbocycles. The second-order valence-corrected chi connectivity index (χ2v) is 4.18. The highest BCUT2D eigenvalue weighted by Crippen LogP contribution is 2.21. The van der Waals surface area contributed by atoms with Gasteiger partial charge in [0.2, 0.25) is 0 Å². The van der Waals surface area contributed by atoms with Gasteiger partial charge in [0.25, 0.3) is 0 Å². The average molecular weight is 249 g/mol. The van der Waals surface area contributed by atoms with Crippen LogP contribution in [0.2, 0.25) is 0 Å². The van der Waals surface area contributed by atoms with Crippen LogP contribution in [0, 0.1) is 6.17 Å². The maximum absolute atomic E-state index is 5.30. The molecule has 0 bridgehead atoms. The lowest BCUT2D eigenvalue weighted by Gasteiger charge is -2.29. The first-order chi connectivity index (χ1) is 8.76. The molecule has 1 aromatic carbocycles. The molecule has 0 spiro atoms. The van der Waals surface area contributed by atoms with E-state index in [1.54, 1.807) is 7.11 Å². The summed E-state index contributed by atoms with van der Waals surface area (Å²) in [4.78, 5) is 2.34. The van der Waals surface area contributed by atoms with Gasteiger partial charge in [-0.25, -0.2) is 0 Å². The minimum absolute atomic E-state index is 0.899. The topological polar surface area (TPSA) is 24.5 Å². The fraction of sp³-hybridized carbons (Fsp3) is 0.533. The lowest BCUT2D eigenvalue weighted by Crippen LogP contribution is -2.39. The van der Waals surface area contributed by atoms with Crippen molar-refractivity contribution >= 4 is 0 Å². The van der Waals surface area contributed by atoms with Crippen LogP contribution >= 0.6 is 0 Å². The molecule has 0 aliphatic rings. The minimum atomic E-state index is 0.899. The number of rotatable bonds is 8. The molecule has 1 aromatic rings. The predicted octanol–water partition coefficient (Wildman–Crippen LogP) is 2.87. The Kier molecular flexibility index (Phi) is 6.76. The van der Waals surface area contributed by atoms with Crippen molar-refractivity contribution in [3.05, 3.63) is 36.0 Å². The Balaban J connectivity index is 2.92. The summed E-state index contributed by atoms with van der Waals surface area (Å²) < 4.78 is 5.30. The van der Waals surface area contributed by atoms with E-state index in [0.29, 0.717) is 0 Å². The van der Waals surface area contributed by atoms with Gasteiger partial charge in [0.1, 0.15) is 11.9 Å². The smallest absolute Gasteiger partial charge is 0.135 e. The Labute approximate surface area is 111 Å². The molecule has 0 saturated carbocycles. The first kappa shape index (κ1) is 15.0. The van der Waals surface area contributed by atoms with Crippen molar-refractivity contribution < 1.29 is 4.74 Å².